The van der Waals surface area contributed by atoms with Crippen LogP contribution in [-0.2, 0) is 6.42 Å². The van der Waals surface area contributed by atoms with Gasteiger partial charge in [-0.25, -0.2) is 4.68 Å². The van der Waals surface area contributed by atoms with Crippen LogP contribution in [0.4, 0.5) is 0 Å². The van der Waals surface area contributed by atoms with Gasteiger partial charge in [0.2, 0.25) is 0 Å². The van der Waals surface area contributed by atoms with Crippen LogP contribution >= 0.6 is 31.9 Å². The van der Waals surface area contributed by atoms with Crippen LogP contribution in [0.5, 0.6) is 0 Å². The highest BCUT2D eigenvalue weighted by Crippen LogP contribution is 2.28. The smallest absolute Gasteiger partial charge is 0.103 e. The van der Waals surface area contributed by atoms with Crippen molar-refractivity contribution in [3.05, 3.63) is 38.5 Å². The van der Waals surface area contributed by atoms with Crippen molar-refractivity contribution in [2.75, 3.05) is 7.05 Å². The molecule has 4 nitrogen and oxygen atoms in total. The zero-order valence-corrected chi connectivity index (χ0v) is 15.0. The topological polar surface area (TPSA) is 42.7 Å². The van der Waals surface area contributed by atoms with Crippen molar-refractivity contribution >= 4 is 31.9 Å². The van der Waals surface area contributed by atoms with E-state index in [1.165, 1.54) is 0 Å². The Morgan fingerprint density at radius 3 is 2.60 bits per heavy atom. The normalized spacial score (nSPS) is 12.7. The SMILES string of the molecule is CCc1c(C(CC)NC)nnn1-c1ccc(Br)cc1Br. The molecule has 2 aromatic rings. The predicted molar refractivity (Wildman–Crippen MR) is 88.2 cm³/mol. The number of benzene rings is 1. The van der Waals surface area contributed by atoms with Gasteiger partial charge in [-0.05, 0) is 54.0 Å². The molecule has 1 unspecified atom stereocenters. The highest BCUT2D eigenvalue weighted by molar-refractivity contribution is 9.11. The minimum absolute atomic E-state index is 0.243. The maximum atomic E-state index is 4.39. The molecule has 0 bridgehead atoms. The van der Waals surface area contributed by atoms with Gasteiger partial charge in [-0.3, -0.25) is 0 Å². The standard InChI is InChI=1S/C14H18Br2N4/c1-4-11(17-3)14-12(5-2)20(19-18-14)13-7-6-9(15)8-10(13)16/h6-8,11,17H,4-5H2,1-3H3. The lowest BCUT2D eigenvalue weighted by atomic mass is 10.1. The van der Waals surface area contributed by atoms with Crippen LogP contribution in [0.1, 0.15) is 37.7 Å². The second kappa shape index (κ2) is 6.83. The Balaban J connectivity index is 2.52. The van der Waals surface area contributed by atoms with Gasteiger partial charge in [-0.2, -0.15) is 0 Å². The Hall–Kier alpha value is -0.720. The highest BCUT2D eigenvalue weighted by Gasteiger charge is 2.19. The molecule has 108 valence electrons. The van der Waals surface area contributed by atoms with Crippen LogP contribution in [0.25, 0.3) is 5.69 Å². The lowest BCUT2D eigenvalue weighted by Gasteiger charge is -2.13. The van der Waals surface area contributed by atoms with Crippen LogP contribution in [0.15, 0.2) is 27.1 Å². The van der Waals surface area contributed by atoms with E-state index in [1.54, 1.807) is 0 Å². The van der Waals surface area contributed by atoms with Gasteiger partial charge in [0, 0.05) is 8.95 Å². The predicted octanol–water partition coefficient (Wildman–Crippen LogP) is 4.03. The fraction of sp³-hybridized carbons (Fsp3) is 0.429. The lowest BCUT2D eigenvalue weighted by Crippen LogP contribution is -2.17. The zero-order chi connectivity index (χ0) is 14.7. The summed E-state index contributed by atoms with van der Waals surface area (Å²) in [6.07, 6.45) is 1.88. The monoisotopic (exact) mass is 400 g/mol. The summed E-state index contributed by atoms with van der Waals surface area (Å²) in [5.41, 5.74) is 3.19. The summed E-state index contributed by atoms with van der Waals surface area (Å²) in [7, 11) is 1.96. The van der Waals surface area contributed by atoms with E-state index in [0.29, 0.717) is 0 Å². The summed E-state index contributed by atoms with van der Waals surface area (Å²) in [6, 6.07) is 6.31. The fourth-order valence-electron chi connectivity index (χ4n) is 2.30. The molecule has 0 fully saturated rings. The fourth-order valence-corrected chi connectivity index (χ4v) is 3.51. The van der Waals surface area contributed by atoms with Crippen LogP contribution < -0.4 is 5.32 Å². The molecule has 1 heterocycles. The Morgan fingerprint density at radius 1 is 1.30 bits per heavy atom. The summed E-state index contributed by atoms with van der Waals surface area (Å²) in [4.78, 5) is 0. The van der Waals surface area contributed by atoms with Crippen molar-refractivity contribution < 1.29 is 0 Å². The molecule has 6 heteroatoms. The molecule has 0 saturated heterocycles. The van der Waals surface area contributed by atoms with E-state index in [-0.39, 0.29) is 6.04 Å². The number of hydrogen-bond acceptors (Lipinski definition) is 3. The highest BCUT2D eigenvalue weighted by atomic mass is 79.9. The lowest BCUT2D eigenvalue weighted by molar-refractivity contribution is 0.555. The molecule has 1 aromatic heterocycles. The van der Waals surface area contributed by atoms with E-state index < -0.39 is 0 Å². The molecule has 0 saturated carbocycles. The van der Waals surface area contributed by atoms with Crippen LogP contribution in [0.3, 0.4) is 0 Å². The molecule has 0 aliphatic rings. The van der Waals surface area contributed by atoms with Gasteiger partial charge in [-0.1, -0.05) is 35.0 Å². The van der Waals surface area contributed by atoms with Gasteiger partial charge in [0.05, 0.1) is 17.4 Å². The molecule has 1 atom stereocenters. The quantitative estimate of drug-likeness (QED) is 0.822. The first-order chi connectivity index (χ1) is 9.62. The third-order valence-electron chi connectivity index (χ3n) is 3.35. The van der Waals surface area contributed by atoms with Crippen molar-refractivity contribution in [3.8, 4) is 5.69 Å². The number of aromatic nitrogens is 3. The maximum absolute atomic E-state index is 4.39. The number of hydrogen-bond donors (Lipinski definition) is 1. The molecular weight excluding hydrogens is 384 g/mol. The van der Waals surface area contributed by atoms with Crippen LogP contribution in [-0.4, -0.2) is 22.0 Å². The largest absolute Gasteiger partial charge is 0.312 e. The molecule has 0 spiro atoms. The molecule has 1 aromatic carbocycles. The second-order valence-corrected chi connectivity index (χ2v) is 6.30. The van der Waals surface area contributed by atoms with Crippen molar-refractivity contribution in [1.29, 1.82) is 0 Å². The van der Waals surface area contributed by atoms with Crippen LogP contribution in [0, 0.1) is 0 Å². The van der Waals surface area contributed by atoms with E-state index in [2.05, 4.69) is 61.3 Å². The average molecular weight is 402 g/mol. The molecule has 0 amide bonds. The van der Waals surface area contributed by atoms with Gasteiger partial charge in [-0.15, -0.1) is 5.10 Å². The Kier molecular flexibility index (Phi) is 5.35. The molecule has 0 radical (unpaired) electrons. The summed E-state index contributed by atoms with van der Waals surface area (Å²) >= 11 is 7.06. The molecule has 2 rings (SSSR count). The van der Waals surface area contributed by atoms with Gasteiger partial charge in [0.25, 0.3) is 0 Å². The molecule has 0 aliphatic carbocycles. The Morgan fingerprint density at radius 2 is 2.05 bits per heavy atom. The minimum atomic E-state index is 0.243. The van der Waals surface area contributed by atoms with Crippen molar-refractivity contribution in [1.82, 2.24) is 20.3 Å². The van der Waals surface area contributed by atoms with Crippen molar-refractivity contribution in [2.24, 2.45) is 0 Å². The minimum Gasteiger partial charge on any atom is -0.312 e. The van der Waals surface area contributed by atoms with E-state index in [9.17, 15) is 0 Å². The van der Waals surface area contributed by atoms with Gasteiger partial charge < -0.3 is 5.32 Å². The van der Waals surface area contributed by atoms with Gasteiger partial charge in [0.1, 0.15) is 5.69 Å². The first kappa shape index (κ1) is 15.7. The maximum Gasteiger partial charge on any atom is 0.103 e. The molecule has 20 heavy (non-hydrogen) atoms. The number of halogens is 2. The zero-order valence-electron chi connectivity index (χ0n) is 11.8. The second-order valence-electron chi connectivity index (χ2n) is 4.53. The third kappa shape index (κ3) is 2.97. The molecular formula is C14H18Br2N4. The summed E-state index contributed by atoms with van der Waals surface area (Å²) in [5, 5.41) is 12.0. The molecule has 1 N–H and O–H groups in total. The van der Waals surface area contributed by atoms with E-state index in [0.717, 1.165) is 38.9 Å². The van der Waals surface area contributed by atoms with Gasteiger partial charge in [0.15, 0.2) is 0 Å². The Labute approximate surface area is 136 Å². The third-order valence-corrected chi connectivity index (χ3v) is 4.48. The van der Waals surface area contributed by atoms with Crippen molar-refractivity contribution in [3.63, 3.8) is 0 Å². The van der Waals surface area contributed by atoms with Crippen molar-refractivity contribution in [2.45, 2.75) is 32.7 Å². The first-order valence-electron chi connectivity index (χ1n) is 6.69. The van der Waals surface area contributed by atoms with E-state index in [1.807, 2.05) is 29.9 Å². The number of rotatable bonds is 5. The van der Waals surface area contributed by atoms with Gasteiger partial charge >= 0.3 is 0 Å². The summed E-state index contributed by atoms with van der Waals surface area (Å²) in [6.45, 7) is 4.28. The first-order valence-corrected chi connectivity index (χ1v) is 8.28. The number of nitrogens with one attached hydrogen (secondary N) is 1. The molecule has 0 aliphatic heterocycles. The number of nitrogens with zero attached hydrogens (tertiary/aromatic N) is 3. The summed E-state index contributed by atoms with van der Waals surface area (Å²) in [5.74, 6) is 0. The van der Waals surface area contributed by atoms with E-state index in [4.69, 9.17) is 0 Å². The van der Waals surface area contributed by atoms with Crippen LogP contribution in [0.2, 0.25) is 0 Å². The Bertz CT molecular complexity index is 591. The summed E-state index contributed by atoms with van der Waals surface area (Å²) < 4.78 is 3.95. The van der Waals surface area contributed by atoms with E-state index >= 15 is 0 Å². The average Bonchev–Trinajstić information content (AvgIpc) is 2.84.